The summed E-state index contributed by atoms with van der Waals surface area (Å²) in [4.78, 5) is 15.6. The standard InChI is InChI=1S/C29H39FN4O3S/c1-6-38(36,37)34-9-7-20(8-10-34)26-17-33-27-24(26)14-22(15-25(27)28(31)35)21-11-19(12-23(30)13-21)16-32-18(2)29(3,4)5/h11-15,17-18,20,32-33H,6-10,16H2,1-5H3,(H2,31,35)/t18-/m0/s1. The van der Waals surface area contributed by atoms with Crippen LogP contribution in [0.1, 0.15) is 74.9 Å². The van der Waals surface area contributed by atoms with Crippen LogP contribution in [0, 0.1) is 11.2 Å². The summed E-state index contributed by atoms with van der Waals surface area (Å²) in [5.74, 6) is -0.682. The molecule has 2 heterocycles. The number of fused-ring (bicyclic) bond motifs is 1. The highest BCUT2D eigenvalue weighted by Gasteiger charge is 2.29. The molecule has 1 fully saturated rings. The van der Waals surface area contributed by atoms with Crippen molar-refractivity contribution >= 4 is 26.8 Å². The second kappa shape index (κ2) is 10.8. The first kappa shape index (κ1) is 28.3. The molecule has 0 unspecified atom stereocenters. The van der Waals surface area contributed by atoms with E-state index < -0.39 is 15.9 Å². The van der Waals surface area contributed by atoms with E-state index in [4.69, 9.17) is 5.73 Å². The number of nitrogens with one attached hydrogen (secondary N) is 2. The Kier molecular flexibility index (Phi) is 8.02. The van der Waals surface area contributed by atoms with E-state index in [9.17, 15) is 17.6 Å². The SMILES string of the molecule is CCS(=O)(=O)N1CCC(c2c[nH]c3c(C(N)=O)cc(-c4cc(F)cc(CN[C@@H](C)C(C)(C)C)c4)cc23)CC1. The molecule has 1 aliphatic heterocycles. The van der Waals surface area contributed by atoms with E-state index >= 15 is 0 Å². The van der Waals surface area contributed by atoms with Gasteiger partial charge in [-0.05, 0) is 90.6 Å². The number of carbonyl (C=O) groups is 1. The summed E-state index contributed by atoms with van der Waals surface area (Å²) >= 11 is 0. The zero-order chi connectivity index (χ0) is 27.8. The summed E-state index contributed by atoms with van der Waals surface area (Å²) in [7, 11) is -3.22. The van der Waals surface area contributed by atoms with Crippen LogP contribution in [0.3, 0.4) is 0 Å². The average Bonchev–Trinajstić information content (AvgIpc) is 3.29. The summed E-state index contributed by atoms with van der Waals surface area (Å²) in [6.07, 6.45) is 3.26. The van der Waals surface area contributed by atoms with Gasteiger partial charge < -0.3 is 16.0 Å². The summed E-state index contributed by atoms with van der Waals surface area (Å²) in [5.41, 5.74) is 10.0. The fourth-order valence-corrected chi connectivity index (χ4v) is 6.21. The van der Waals surface area contributed by atoms with Gasteiger partial charge in [0.15, 0.2) is 0 Å². The number of hydrogen-bond donors (Lipinski definition) is 3. The number of carbonyl (C=O) groups excluding carboxylic acids is 1. The molecule has 0 spiro atoms. The number of primary amides is 1. The maximum Gasteiger partial charge on any atom is 0.250 e. The van der Waals surface area contributed by atoms with Crippen molar-refractivity contribution in [3.05, 3.63) is 59.0 Å². The molecule has 4 rings (SSSR count). The van der Waals surface area contributed by atoms with Gasteiger partial charge in [0, 0.05) is 37.3 Å². The zero-order valence-corrected chi connectivity index (χ0v) is 23.7. The summed E-state index contributed by atoms with van der Waals surface area (Å²) < 4.78 is 40.9. The Bertz CT molecular complexity index is 1430. The van der Waals surface area contributed by atoms with Crippen molar-refractivity contribution in [3.63, 3.8) is 0 Å². The number of benzene rings is 2. The highest BCUT2D eigenvalue weighted by atomic mass is 32.2. The van der Waals surface area contributed by atoms with Crippen molar-refractivity contribution in [3.8, 4) is 11.1 Å². The molecular formula is C29H39FN4O3S. The van der Waals surface area contributed by atoms with Gasteiger partial charge in [-0.15, -0.1) is 0 Å². The average molecular weight is 543 g/mol. The molecule has 9 heteroatoms. The van der Waals surface area contributed by atoms with Gasteiger partial charge in [-0.3, -0.25) is 4.79 Å². The fourth-order valence-electron chi connectivity index (χ4n) is 5.08. The molecule has 206 valence electrons. The normalized spacial score (nSPS) is 16.7. The lowest BCUT2D eigenvalue weighted by molar-refractivity contribution is 0.100. The highest BCUT2D eigenvalue weighted by molar-refractivity contribution is 7.89. The van der Waals surface area contributed by atoms with Crippen LogP contribution in [0.15, 0.2) is 36.5 Å². The summed E-state index contributed by atoms with van der Waals surface area (Å²) in [5, 5.41) is 4.34. The number of piperidine rings is 1. The van der Waals surface area contributed by atoms with E-state index in [0.717, 1.165) is 16.5 Å². The lowest BCUT2D eigenvalue weighted by Gasteiger charge is -2.31. The molecule has 2 aromatic carbocycles. The van der Waals surface area contributed by atoms with Crippen LogP contribution in [0.5, 0.6) is 0 Å². The summed E-state index contributed by atoms with van der Waals surface area (Å²) in [6.45, 7) is 11.7. The molecule has 3 aromatic rings. The number of hydrogen-bond acceptors (Lipinski definition) is 4. The Labute approximate surface area is 225 Å². The number of aromatic nitrogens is 1. The number of halogens is 1. The van der Waals surface area contributed by atoms with Gasteiger partial charge in [-0.2, -0.15) is 0 Å². The minimum absolute atomic E-state index is 0.0686. The Morgan fingerprint density at radius 3 is 2.42 bits per heavy atom. The van der Waals surface area contributed by atoms with E-state index in [1.54, 1.807) is 17.3 Å². The molecule has 7 nitrogen and oxygen atoms in total. The van der Waals surface area contributed by atoms with Gasteiger partial charge in [0.05, 0.1) is 16.8 Å². The molecule has 0 aliphatic carbocycles. The maximum absolute atomic E-state index is 14.7. The quantitative estimate of drug-likeness (QED) is 0.367. The number of rotatable bonds is 8. The number of sulfonamides is 1. The van der Waals surface area contributed by atoms with Crippen molar-refractivity contribution in [2.75, 3.05) is 18.8 Å². The predicted octanol–water partition coefficient (Wildman–Crippen LogP) is 5.13. The van der Waals surface area contributed by atoms with Crippen molar-refractivity contribution < 1.29 is 17.6 Å². The Balaban J connectivity index is 1.69. The van der Waals surface area contributed by atoms with Gasteiger partial charge in [0.2, 0.25) is 10.0 Å². The van der Waals surface area contributed by atoms with Crippen LogP contribution in [-0.2, 0) is 16.6 Å². The van der Waals surface area contributed by atoms with Crippen LogP contribution in [0.2, 0.25) is 0 Å². The van der Waals surface area contributed by atoms with E-state index in [2.05, 4.69) is 38.0 Å². The van der Waals surface area contributed by atoms with E-state index in [-0.39, 0.29) is 28.9 Å². The van der Waals surface area contributed by atoms with Crippen LogP contribution in [-0.4, -0.2) is 48.5 Å². The van der Waals surface area contributed by atoms with E-state index in [1.165, 1.54) is 12.1 Å². The number of aromatic amines is 1. The predicted molar refractivity (Wildman–Crippen MR) is 151 cm³/mol. The first-order valence-electron chi connectivity index (χ1n) is 13.3. The lowest BCUT2D eigenvalue weighted by atomic mass is 9.88. The monoisotopic (exact) mass is 542 g/mol. The number of H-pyrrole nitrogens is 1. The van der Waals surface area contributed by atoms with E-state index in [1.807, 2.05) is 18.3 Å². The molecule has 1 aliphatic rings. The van der Waals surface area contributed by atoms with Gasteiger partial charge >= 0.3 is 0 Å². The number of nitrogens with two attached hydrogens (primary N) is 1. The third-order valence-electron chi connectivity index (χ3n) is 7.94. The lowest BCUT2D eigenvalue weighted by Crippen LogP contribution is -2.38. The minimum Gasteiger partial charge on any atom is -0.366 e. The largest absolute Gasteiger partial charge is 0.366 e. The van der Waals surface area contributed by atoms with Gasteiger partial charge in [0.25, 0.3) is 5.91 Å². The van der Waals surface area contributed by atoms with E-state index in [0.29, 0.717) is 54.7 Å². The third-order valence-corrected chi connectivity index (χ3v) is 9.82. The second-order valence-electron chi connectivity index (χ2n) is 11.4. The summed E-state index contributed by atoms with van der Waals surface area (Å²) in [6, 6.07) is 8.87. The Morgan fingerprint density at radius 1 is 1.16 bits per heavy atom. The van der Waals surface area contributed by atoms with Crippen molar-refractivity contribution in [1.29, 1.82) is 0 Å². The molecule has 1 saturated heterocycles. The smallest absolute Gasteiger partial charge is 0.250 e. The second-order valence-corrected chi connectivity index (χ2v) is 13.7. The van der Waals surface area contributed by atoms with Gasteiger partial charge in [0.1, 0.15) is 5.82 Å². The Morgan fingerprint density at radius 2 is 1.82 bits per heavy atom. The maximum atomic E-state index is 14.7. The van der Waals surface area contributed by atoms with Crippen molar-refractivity contribution in [2.24, 2.45) is 11.1 Å². The third kappa shape index (κ3) is 5.95. The molecule has 0 bridgehead atoms. The molecule has 1 atom stereocenters. The molecule has 4 N–H and O–H groups in total. The minimum atomic E-state index is -3.22. The van der Waals surface area contributed by atoms with Crippen LogP contribution >= 0.6 is 0 Å². The molecular weight excluding hydrogens is 503 g/mol. The molecule has 0 radical (unpaired) electrons. The molecule has 38 heavy (non-hydrogen) atoms. The van der Waals surface area contributed by atoms with Crippen LogP contribution in [0.25, 0.3) is 22.0 Å². The molecule has 1 aromatic heterocycles. The number of nitrogens with zero attached hydrogens (tertiary/aromatic N) is 1. The number of amides is 1. The van der Waals surface area contributed by atoms with Crippen LogP contribution < -0.4 is 11.1 Å². The highest BCUT2D eigenvalue weighted by Crippen LogP contribution is 2.37. The van der Waals surface area contributed by atoms with Gasteiger partial charge in [-0.1, -0.05) is 20.8 Å². The molecule has 1 amide bonds. The Hall–Kier alpha value is -2.75. The van der Waals surface area contributed by atoms with Crippen molar-refractivity contribution in [1.82, 2.24) is 14.6 Å². The topological polar surface area (TPSA) is 108 Å². The van der Waals surface area contributed by atoms with Crippen LogP contribution in [0.4, 0.5) is 4.39 Å². The zero-order valence-electron chi connectivity index (χ0n) is 22.9. The van der Waals surface area contributed by atoms with Crippen molar-refractivity contribution in [2.45, 2.75) is 66.0 Å². The first-order chi connectivity index (χ1) is 17.8. The fraction of sp³-hybridized carbons (Fsp3) is 0.483. The first-order valence-corrected chi connectivity index (χ1v) is 14.9. The molecule has 0 saturated carbocycles. The van der Waals surface area contributed by atoms with Gasteiger partial charge in [-0.25, -0.2) is 17.1 Å².